The maximum Gasteiger partial charge on any atom is 0.0702 e. The first kappa shape index (κ1) is 18.0. The van der Waals surface area contributed by atoms with E-state index in [4.69, 9.17) is 4.74 Å². The Morgan fingerprint density at radius 3 is 1.95 bits per heavy atom. The number of unbranched alkanes of at least 4 members (excludes halogenated alkanes) is 10. The van der Waals surface area contributed by atoms with Gasteiger partial charge in [-0.1, -0.05) is 77.6 Å². The molecule has 0 aromatic carbocycles. The molecule has 2 heteroatoms. The second-order valence-electron chi connectivity index (χ2n) is 6.58. The monoisotopic (exact) mass is 283 g/mol. The number of hydrogen-bond donors (Lipinski definition) is 0. The first-order chi connectivity index (χ1) is 9.83. The average molecular weight is 284 g/mol. The Hall–Kier alpha value is -0.0800. The van der Waals surface area contributed by atoms with E-state index in [-0.39, 0.29) is 0 Å². The zero-order valence-corrected chi connectivity index (χ0v) is 14.0. The zero-order chi connectivity index (χ0) is 14.5. The van der Waals surface area contributed by atoms with Crippen molar-refractivity contribution in [3.63, 3.8) is 0 Å². The van der Waals surface area contributed by atoms with Crippen LogP contribution in [0.3, 0.4) is 0 Å². The van der Waals surface area contributed by atoms with Crippen molar-refractivity contribution >= 4 is 0 Å². The van der Waals surface area contributed by atoms with Crippen molar-refractivity contribution in [2.75, 3.05) is 26.7 Å². The number of ether oxygens (including phenoxy) is 1. The highest BCUT2D eigenvalue weighted by molar-refractivity contribution is 4.68. The molecule has 0 amide bonds. The van der Waals surface area contributed by atoms with Crippen molar-refractivity contribution in [2.45, 2.75) is 90.1 Å². The highest BCUT2D eigenvalue weighted by atomic mass is 16.5. The zero-order valence-electron chi connectivity index (χ0n) is 14.0. The minimum absolute atomic E-state index is 0.507. The van der Waals surface area contributed by atoms with Crippen molar-refractivity contribution in [2.24, 2.45) is 0 Å². The van der Waals surface area contributed by atoms with Gasteiger partial charge >= 0.3 is 0 Å². The molecule has 20 heavy (non-hydrogen) atoms. The summed E-state index contributed by atoms with van der Waals surface area (Å²) in [4.78, 5) is 2.40. The molecule has 0 aromatic rings. The number of morpholine rings is 1. The van der Waals surface area contributed by atoms with Gasteiger partial charge in [0.2, 0.25) is 0 Å². The predicted octanol–water partition coefficient (Wildman–Crippen LogP) is 5.02. The van der Waals surface area contributed by atoms with Gasteiger partial charge in [-0.25, -0.2) is 0 Å². The predicted molar refractivity (Wildman–Crippen MR) is 88.3 cm³/mol. The summed E-state index contributed by atoms with van der Waals surface area (Å²) in [5, 5.41) is 0. The van der Waals surface area contributed by atoms with E-state index in [0.29, 0.717) is 6.10 Å². The van der Waals surface area contributed by atoms with Crippen LogP contribution in [0.15, 0.2) is 0 Å². The van der Waals surface area contributed by atoms with Crippen LogP contribution in [0.5, 0.6) is 0 Å². The van der Waals surface area contributed by atoms with E-state index in [0.717, 1.165) is 19.7 Å². The van der Waals surface area contributed by atoms with E-state index in [9.17, 15) is 0 Å². The fourth-order valence-corrected chi connectivity index (χ4v) is 3.08. The first-order valence-corrected chi connectivity index (χ1v) is 9.13. The lowest BCUT2D eigenvalue weighted by atomic mass is 10.0. The summed E-state index contributed by atoms with van der Waals surface area (Å²) in [6.07, 6.45) is 17.5. The van der Waals surface area contributed by atoms with E-state index in [1.807, 2.05) is 0 Å². The molecule has 2 nitrogen and oxygen atoms in total. The lowest BCUT2D eigenvalue weighted by Crippen LogP contribution is -2.39. The smallest absolute Gasteiger partial charge is 0.0702 e. The molecule has 1 rings (SSSR count). The molecule has 1 atom stereocenters. The summed E-state index contributed by atoms with van der Waals surface area (Å²) in [6.45, 7) is 5.46. The molecule has 120 valence electrons. The molecule has 1 saturated heterocycles. The lowest BCUT2D eigenvalue weighted by molar-refractivity contribution is -0.0242. The Morgan fingerprint density at radius 2 is 1.40 bits per heavy atom. The topological polar surface area (TPSA) is 12.5 Å². The van der Waals surface area contributed by atoms with Crippen molar-refractivity contribution < 1.29 is 4.74 Å². The third kappa shape index (κ3) is 9.77. The summed E-state index contributed by atoms with van der Waals surface area (Å²) >= 11 is 0. The van der Waals surface area contributed by atoms with Crippen LogP contribution in [-0.2, 0) is 4.74 Å². The van der Waals surface area contributed by atoms with Gasteiger partial charge in [0.05, 0.1) is 12.7 Å². The molecule has 0 radical (unpaired) electrons. The van der Waals surface area contributed by atoms with Crippen LogP contribution in [0.2, 0.25) is 0 Å². The standard InChI is InChI=1S/C18H37NO/c1-3-4-5-6-7-8-9-10-11-12-13-14-18-17-19(2)15-16-20-18/h18H,3-17H2,1-2H3. The van der Waals surface area contributed by atoms with Crippen LogP contribution < -0.4 is 0 Å². The summed E-state index contributed by atoms with van der Waals surface area (Å²) in [7, 11) is 2.20. The van der Waals surface area contributed by atoms with Crippen LogP contribution in [0, 0.1) is 0 Å². The molecule has 1 aliphatic rings. The van der Waals surface area contributed by atoms with Gasteiger partial charge in [-0.3, -0.25) is 0 Å². The van der Waals surface area contributed by atoms with Gasteiger partial charge in [-0.15, -0.1) is 0 Å². The summed E-state index contributed by atoms with van der Waals surface area (Å²) in [5.41, 5.74) is 0. The summed E-state index contributed by atoms with van der Waals surface area (Å²) in [6, 6.07) is 0. The minimum atomic E-state index is 0.507. The van der Waals surface area contributed by atoms with Gasteiger partial charge in [-0.05, 0) is 13.5 Å². The number of hydrogen-bond acceptors (Lipinski definition) is 2. The lowest BCUT2D eigenvalue weighted by Gasteiger charge is -2.30. The largest absolute Gasteiger partial charge is 0.376 e. The Morgan fingerprint density at radius 1 is 0.850 bits per heavy atom. The van der Waals surface area contributed by atoms with E-state index < -0.39 is 0 Å². The molecule has 0 aliphatic carbocycles. The normalized spacial score (nSPS) is 20.4. The van der Waals surface area contributed by atoms with Crippen molar-refractivity contribution in [3.8, 4) is 0 Å². The molecule has 1 heterocycles. The molecule has 0 aromatic heterocycles. The van der Waals surface area contributed by atoms with E-state index >= 15 is 0 Å². The van der Waals surface area contributed by atoms with E-state index in [1.54, 1.807) is 0 Å². The van der Waals surface area contributed by atoms with E-state index in [1.165, 1.54) is 77.0 Å². The maximum atomic E-state index is 5.80. The van der Waals surface area contributed by atoms with Crippen LogP contribution in [0.25, 0.3) is 0 Å². The molecule has 1 fully saturated rings. The Bertz CT molecular complexity index is 208. The molecule has 1 unspecified atom stereocenters. The second-order valence-corrected chi connectivity index (χ2v) is 6.58. The second kappa shape index (κ2) is 12.6. The highest BCUT2D eigenvalue weighted by Crippen LogP contribution is 2.14. The molecule has 0 N–H and O–H groups in total. The third-order valence-electron chi connectivity index (χ3n) is 4.47. The number of rotatable bonds is 12. The molecule has 0 saturated carbocycles. The highest BCUT2D eigenvalue weighted by Gasteiger charge is 2.16. The molecule has 0 bridgehead atoms. The number of likely N-dealkylation sites (N-methyl/N-ethyl adjacent to an activating group) is 1. The average Bonchev–Trinajstić information content (AvgIpc) is 2.45. The summed E-state index contributed by atoms with van der Waals surface area (Å²) < 4.78 is 5.80. The molecular weight excluding hydrogens is 246 g/mol. The Kier molecular flexibility index (Phi) is 11.4. The van der Waals surface area contributed by atoms with Gasteiger partial charge in [0.15, 0.2) is 0 Å². The molecule has 0 spiro atoms. The maximum absolute atomic E-state index is 5.80. The van der Waals surface area contributed by atoms with Gasteiger partial charge in [0, 0.05) is 13.1 Å². The van der Waals surface area contributed by atoms with Crippen molar-refractivity contribution in [1.82, 2.24) is 4.90 Å². The minimum Gasteiger partial charge on any atom is -0.376 e. The fourth-order valence-electron chi connectivity index (χ4n) is 3.08. The Balaban J connectivity index is 1.76. The van der Waals surface area contributed by atoms with Crippen LogP contribution >= 0.6 is 0 Å². The van der Waals surface area contributed by atoms with Crippen molar-refractivity contribution in [3.05, 3.63) is 0 Å². The van der Waals surface area contributed by atoms with Gasteiger partial charge in [0.1, 0.15) is 0 Å². The van der Waals surface area contributed by atoms with Gasteiger partial charge < -0.3 is 9.64 Å². The quantitative estimate of drug-likeness (QED) is 0.466. The summed E-state index contributed by atoms with van der Waals surface area (Å²) in [5.74, 6) is 0. The molecular formula is C18H37NO. The van der Waals surface area contributed by atoms with Gasteiger partial charge in [0.25, 0.3) is 0 Å². The van der Waals surface area contributed by atoms with Crippen LogP contribution in [-0.4, -0.2) is 37.7 Å². The SMILES string of the molecule is CCCCCCCCCCCCCC1CN(C)CCO1. The van der Waals surface area contributed by atoms with E-state index in [2.05, 4.69) is 18.9 Å². The first-order valence-electron chi connectivity index (χ1n) is 9.13. The third-order valence-corrected chi connectivity index (χ3v) is 4.47. The Labute approximate surface area is 127 Å². The number of nitrogens with zero attached hydrogens (tertiary/aromatic N) is 1. The van der Waals surface area contributed by atoms with Gasteiger partial charge in [-0.2, -0.15) is 0 Å². The fraction of sp³-hybridized carbons (Fsp3) is 1.00. The van der Waals surface area contributed by atoms with Crippen molar-refractivity contribution in [1.29, 1.82) is 0 Å². The van der Waals surface area contributed by atoms with Crippen LogP contribution in [0.1, 0.15) is 84.0 Å². The molecule has 1 aliphatic heterocycles. The van der Waals surface area contributed by atoms with Crippen LogP contribution in [0.4, 0.5) is 0 Å².